The smallest absolute Gasteiger partial charge is 0.258 e. The lowest BCUT2D eigenvalue weighted by molar-refractivity contribution is 0.602. The van der Waals surface area contributed by atoms with Crippen LogP contribution in [0.4, 0.5) is 0 Å². The van der Waals surface area contributed by atoms with Crippen molar-refractivity contribution in [1.82, 2.24) is 4.57 Å². The summed E-state index contributed by atoms with van der Waals surface area (Å²) in [6, 6.07) is 12.9. The second-order valence-electron chi connectivity index (χ2n) is 7.58. The number of hydrogen-bond acceptors (Lipinski definition) is 3. The SMILES string of the molecule is Cn1cc(-c2cc(S(C)(=O)=O)ccc2CCC2CC2)c2ccccc2c1=O. The van der Waals surface area contributed by atoms with Crippen LogP contribution in [0.25, 0.3) is 21.9 Å². The van der Waals surface area contributed by atoms with Crippen LogP contribution in [0.5, 0.6) is 0 Å². The third-order valence-corrected chi connectivity index (χ3v) is 6.52. The van der Waals surface area contributed by atoms with Gasteiger partial charge in [0.1, 0.15) is 0 Å². The largest absolute Gasteiger partial charge is 0.317 e. The predicted octanol–water partition coefficient (Wildman–Crippen LogP) is 3.95. The molecule has 140 valence electrons. The highest BCUT2D eigenvalue weighted by atomic mass is 32.2. The zero-order valence-corrected chi connectivity index (χ0v) is 16.4. The molecule has 1 heterocycles. The average molecular weight is 381 g/mol. The number of hydrogen-bond donors (Lipinski definition) is 0. The highest BCUT2D eigenvalue weighted by Crippen LogP contribution is 2.37. The van der Waals surface area contributed by atoms with Crippen molar-refractivity contribution in [3.63, 3.8) is 0 Å². The van der Waals surface area contributed by atoms with Crippen molar-refractivity contribution in [2.45, 2.75) is 30.6 Å². The van der Waals surface area contributed by atoms with Crippen molar-refractivity contribution in [3.8, 4) is 11.1 Å². The van der Waals surface area contributed by atoms with Crippen LogP contribution in [0.2, 0.25) is 0 Å². The van der Waals surface area contributed by atoms with E-state index >= 15 is 0 Å². The molecule has 27 heavy (non-hydrogen) atoms. The normalized spacial score (nSPS) is 14.6. The molecule has 1 aromatic heterocycles. The molecule has 2 aromatic carbocycles. The predicted molar refractivity (Wildman–Crippen MR) is 109 cm³/mol. The van der Waals surface area contributed by atoms with E-state index in [-0.39, 0.29) is 5.56 Å². The van der Waals surface area contributed by atoms with E-state index in [9.17, 15) is 13.2 Å². The second-order valence-corrected chi connectivity index (χ2v) is 9.59. The average Bonchev–Trinajstić information content (AvgIpc) is 3.47. The van der Waals surface area contributed by atoms with Gasteiger partial charge in [0.2, 0.25) is 0 Å². The van der Waals surface area contributed by atoms with Gasteiger partial charge in [-0.05, 0) is 53.5 Å². The molecule has 0 saturated heterocycles. The molecule has 1 aliphatic rings. The summed E-state index contributed by atoms with van der Waals surface area (Å²) in [7, 11) is -1.57. The van der Waals surface area contributed by atoms with Gasteiger partial charge in [-0.25, -0.2) is 8.42 Å². The number of nitrogens with zero attached hydrogens (tertiary/aromatic N) is 1. The third kappa shape index (κ3) is 3.56. The van der Waals surface area contributed by atoms with Crippen LogP contribution in [0.15, 0.2) is 58.4 Å². The molecule has 0 radical (unpaired) electrons. The van der Waals surface area contributed by atoms with E-state index in [1.165, 1.54) is 19.1 Å². The Balaban J connectivity index is 1.97. The Morgan fingerprint density at radius 2 is 1.74 bits per heavy atom. The number of benzene rings is 2. The molecule has 1 fully saturated rings. The van der Waals surface area contributed by atoms with Crippen molar-refractivity contribution in [2.75, 3.05) is 6.26 Å². The lowest BCUT2D eigenvalue weighted by Crippen LogP contribution is -2.16. The summed E-state index contributed by atoms with van der Waals surface area (Å²) in [4.78, 5) is 12.8. The molecule has 5 heteroatoms. The minimum atomic E-state index is -3.31. The van der Waals surface area contributed by atoms with Crippen LogP contribution < -0.4 is 5.56 Å². The first-order valence-corrected chi connectivity index (χ1v) is 11.2. The lowest BCUT2D eigenvalue weighted by Gasteiger charge is -2.15. The molecule has 0 aliphatic heterocycles. The van der Waals surface area contributed by atoms with Gasteiger partial charge in [0, 0.05) is 30.4 Å². The Bertz CT molecular complexity index is 1190. The molecule has 4 nitrogen and oxygen atoms in total. The van der Waals surface area contributed by atoms with Gasteiger partial charge in [0.05, 0.1) is 4.90 Å². The minimum absolute atomic E-state index is 0.0480. The highest BCUT2D eigenvalue weighted by Gasteiger charge is 2.22. The topological polar surface area (TPSA) is 56.1 Å². The minimum Gasteiger partial charge on any atom is -0.317 e. The third-order valence-electron chi connectivity index (χ3n) is 5.41. The Morgan fingerprint density at radius 1 is 1.04 bits per heavy atom. The Kier molecular flexibility index (Phi) is 4.42. The first-order valence-electron chi connectivity index (χ1n) is 9.26. The second kappa shape index (κ2) is 6.64. The quantitative estimate of drug-likeness (QED) is 0.672. The summed E-state index contributed by atoms with van der Waals surface area (Å²) in [5, 5.41) is 1.51. The van der Waals surface area contributed by atoms with Crippen LogP contribution in [-0.4, -0.2) is 19.2 Å². The summed E-state index contributed by atoms with van der Waals surface area (Å²) < 4.78 is 25.8. The standard InChI is InChI=1S/C22H23NO3S/c1-23-14-21(18-5-3-4-6-19(18)22(23)24)20-13-17(27(2,25)26)12-11-16(20)10-9-15-7-8-15/h3-6,11-15H,7-10H2,1-2H3. The van der Waals surface area contributed by atoms with Gasteiger partial charge in [-0.3, -0.25) is 4.79 Å². The van der Waals surface area contributed by atoms with Crippen molar-refractivity contribution in [3.05, 3.63) is 64.6 Å². The van der Waals surface area contributed by atoms with Gasteiger partial charge < -0.3 is 4.57 Å². The van der Waals surface area contributed by atoms with E-state index in [4.69, 9.17) is 0 Å². The molecule has 0 bridgehead atoms. The van der Waals surface area contributed by atoms with E-state index in [0.717, 1.165) is 40.8 Å². The van der Waals surface area contributed by atoms with E-state index in [1.54, 1.807) is 23.7 Å². The van der Waals surface area contributed by atoms with Crippen molar-refractivity contribution in [2.24, 2.45) is 13.0 Å². The Morgan fingerprint density at radius 3 is 2.41 bits per heavy atom. The molecular weight excluding hydrogens is 358 g/mol. The molecule has 4 rings (SSSR count). The van der Waals surface area contributed by atoms with Crippen LogP contribution in [0.1, 0.15) is 24.8 Å². The van der Waals surface area contributed by atoms with Crippen LogP contribution >= 0.6 is 0 Å². The summed E-state index contributed by atoms with van der Waals surface area (Å²) in [6.45, 7) is 0. The van der Waals surface area contributed by atoms with Crippen LogP contribution in [0.3, 0.4) is 0 Å². The molecule has 1 saturated carbocycles. The fourth-order valence-corrected chi connectivity index (χ4v) is 4.30. The number of aromatic nitrogens is 1. The van der Waals surface area contributed by atoms with Gasteiger partial charge in [-0.15, -0.1) is 0 Å². The van der Waals surface area contributed by atoms with Crippen molar-refractivity contribution in [1.29, 1.82) is 0 Å². The van der Waals surface area contributed by atoms with Crippen LogP contribution in [0, 0.1) is 5.92 Å². The van der Waals surface area contributed by atoms with E-state index in [1.807, 2.05) is 36.5 Å². The molecule has 0 spiro atoms. The first-order chi connectivity index (χ1) is 12.8. The van der Waals surface area contributed by atoms with Crippen LogP contribution in [-0.2, 0) is 23.3 Å². The Hall–Kier alpha value is -2.40. The molecule has 0 unspecified atom stereocenters. The van der Waals surface area contributed by atoms with E-state index in [0.29, 0.717) is 10.3 Å². The molecule has 1 aliphatic carbocycles. The highest BCUT2D eigenvalue weighted by molar-refractivity contribution is 7.90. The zero-order chi connectivity index (χ0) is 19.2. The summed E-state index contributed by atoms with van der Waals surface area (Å²) >= 11 is 0. The fraction of sp³-hybridized carbons (Fsp3) is 0.318. The maximum Gasteiger partial charge on any atom is 0.258 e. The molecule has 0 amide bonds. The summed E-state index contributed by atoms with van der Waals surface area (Å²) in [5.74, 6) is 0.796. The molecule has 0 atom stereocenters. The maximum atomic E-state index is 12.5. The van der Waals surface area contributed by atoms with Gasteiger partial charge in [-0.2, -0.15) is 0 Å². The lowest BCUT2D eigenvalue weighted by atomic mass is 9.93. The van der Waals surface area contributed by atoms with E-state index in [2.05, 4.69) is 0 Å². The number of aryl methyl sites for hydroxylation is 2. The molecule has 3 aromatic rings. The number of pyridine rings is 1. The number of rotatable bonds is 5. The zero-order valence-electron chi connectivity index (χ0n) is 15.6. The maximum absolute atomic E-state index is 12.5. The summed E-state index contributed by atoms with van der Waals surface area (Å²) in [5.41, 5.74) is 2.90. The monoisotopic (exact) mass is 381 g/mol. The number of sulfone groups is 1. The van der Waals surface area contributed by atoms with Gasteiger partial charge in [0.25, 0.3) is 5.56 Å². The first kappa shape index (κ1) is 18.0. The summed E-state index contributed by atoms with van der Waals surface area (Å²) in [6.07, 6.45) is 7.68. The van der Waals surface area contributed by atoms with Gasteiger partial charge >= 0.3 is 0 Å². The van der Waals surface area contributed by atoms with Crippen molar-refractivity contribution >= 4 is 20.6 Å². The molecule has 0 N–H and O–H groups in total. The number of fused-ring (bicyclic) bond motifs is 1. The molecular formula is C22H23NO3S. The Labute approximate surface area is 159 Å². The van der Waals surface area contributed by atoms with Gasteiger partial charge in [-0.1, -0.05) is 37.1 Å². The van der Waals surface area contributed by atoms with E-state index < -0.39 is 9.84 Å². The van der Waals surface area contributed by atoms with Gasteiger partial charge in [0.15, 0.2) is 9.84 Å². The fourth-order valence-electron chi connectivity index (χ4n) is 3.65. The van der Waals surface area contributed by atoms with Crippen molar-refractivity contribution < 1.29 is 8.42 Å².